The van der Waals surface area contributed by atoms with E-state index >= 15 is 0 Å². The van der Waals surface area contributed by atoms with Gasteiger partial charge in [-0.25, -0.2) is 23.1 Å². The van der Waals surface area contributed by atoms with E-state index < -0.39 is 10.0 Å². The highest BCUT2D eigenvalue weighted by molar-refractivity contribution is 7.89. The van der Waals surface area contributed by atoms with Crippen molar-refractivity contribution >= 4 is 26.9 Å². The molecule has 2 aromatic heterocycles. The van der Waals surface area contributed by atoms with Crippen molar-refractivity contribution in [1.29, 1.82) is 0 Å². The molecule has 0 atom stereocenters. The standard InChI is InChI=1S/C14H21N5O3S/c1-19(14-12-3-4-15-13(12)16-9-17-14)11-7-10(8-11)18-23(20,21)6-5-22-2/h3-4,9-11,18H,5-8H2,1-2H3,(H,15,16,17). The lowest BCUT2D eigenvalue weighted by atomic mass is 9.86. The third kappa shape index (κ3) is 3.46. The average Bonchev–Trinajstić information content (AvgIpc) is 2.96. The number of nitrogens with zero attached hydrogens (tertiary/aromatic N) is 3. The van der Waals surface area contributed by atoms with E-state index in [0.717, 1.165) is 29.7 Å². The van der Waals surface area contributed by atoms with Gasteiger partial charge in [0.1, 0.15) is 17.8 Å². The molecule has 0 radical (unpaired) electrons. The van der Waals surface area contributed by atoms with E-state index in [1.165, 1.54) is 13.4 Å². The Morgan fingerprint density at radius 3 is 2.96 bits per heavy atom. The zero-order chi connectivity index (χ0) is 16.4. The van der Waals surface area contributed by atoms with Crippen LogP contribution in [0, 0.1) is 0 Å². The van der Waals surface area contributed by atoms with Crippen LogP contribution >= 0.6 is 0 Å². The predicted molar refractivity (Wildman–Crippen MR) is 87.9 cm³/mol. The van der Waals surface area contributed by atoms with E-state index in [0.29, 0.717) is 0 Å². The maximum atomic E-state index is 11.8. The molecule has 2 N–H and O–H groups in total. The number of nitrogens with one attached hydrogen (secondary N) is 2. The fraction of sp³-hybridized carbons (Fsp3) is 0.571. The summed E-state index contributed by atoms with van der Waals surface area (Å²) in [5, 5.41) is 0.971. The number of anilines is 1. The van der Waals surface area contributed by atoms with Crippen molar-refractivity contribution in [2.24, 2.45) is 0 Å². The number of rotatable bonds is 7. The van der Waals surface area contributed by atoms with Gasteiger partial charge in [-0.1, -0.05) is 0 Å². The van der Waals surface area contributed by atoms with Gasteiger partial charge >= 0.3 is 0 Å². The van der Waals surface area contributed by atoms with Gasteiger partial charge in [0.15, 0.2) is 0 Å². The highest BCUT2D eigenvalue weighted by Crippen LogP contribution is 2.31. The van der Waals surface area contributed by atoms with Crippen LogP contribution in [-0.2, 0) is 14.8 Å². The third-order valence-corrected chi connectivity index (χ3v) is 5.63. The summed E-state index contributed by atoms with van der Waals surface area (Å²) in [5.41, 5.74) is 0.804. The molecule has 0 bridgehead atoms. The van der Waals surface area contributed by atoms with Crippen molar-refractivity contribution < 1.29 is 13.2 Å². The first-order chi connectivity index (χ1) is 11.0. The number of sulfonamides is 1. The number of hydrogen-bond donors (Lipinski definition) is 2. The van der Waals surface area contributed by atoms with Gasteiger partial charge in [0, 0.05) is 32.4 Å². The van der Waals surface area contributed by atoms with Gasteiger partial charge in [0.2, 0.25) is 10.0 Å². The molecule has 8 nitrogen and oxygen atoms in total. The lowest BCUT2D eigenvalue weighted by molar-refractivity contribution is 0.216. The molecule has 0 amide bonds. The molecule has 0 saturated heterocycles. The minimum absolute atomic E-state index is 0.00358. The molecule has 126 valence electrons. The van der Waals surface area contributed by atoms with Gasteiger partial charge in [-0.2, -0.15) is 0 Å². The zero-order valence-corrected chi connectivity index (χ0v) is 14.0. The topological polar surface area (TPSA) is 100 Å². The summed E-state index contributed by atoms with van der Waals surface area (Å²) in [7, 11) is 0.207. The fourth-order valence-electron chi connectivity index (χ4n) is 2.82. The molecule has 2 aromatic rings. The van der Waals surface area contributed by atoms with E-state index in [1.807, 2.05) is 19.3 Å². The van der Waals surface area contributed by atoms with Crippen LogP contribution in [0.4, 0.5) is 5.82 Å². The van der Waals surface area contributed by atoms with Crippen LogP contribution in [0.2, 0.25) is 0 Å². The number of hydrogen-bond acceptors (Lipinski definition) is 6. The van der Waals surface area contributed by atoms with Crippen LogP contribution in [0.25, 0.3) is 11.0 Å². The Balaban J connectivity index is 1.60. The quantitative estimate of drug-likeness (QED) is 0.761. The predicted octanol–water partition coefficient (Wildman–Crippen LogP) is 0.491. The number of ether oxygens (including phenoxy) is 1. The Hall–Kier alpha value is -1.71. The molecule has 1 aliphatic rings. The number of aromatic nitrogens is 3. The molecule has 3 rings (SSSR count). The number of fused-ring (bicyclic) bond motifs is 1. The lowest BCUT2D eigenvalue weighted by Gasteiger charge is -2.41. The summed E-state index contributed by atoms with van der Waals surface area (Å²) in [6, 6.07) is 2.19. The Bertz CT molecular complexity index is 770. The highest BCUT2D eigenvalue weighted by Gasteiger charge is 2.35. The van der Waals surface area contributed by atoms with Crippen LogP contribution in [0.3, 0.4) is 0 Å². The van der Waals surface area contributed by atoms with Crippen LogP contribution in [-0.4, -0.2) is 62.0 Å². The Morgan fingerprint density at radius 2 is 2.22 bits per heavy atom. The van der Waals surface area contributed by atoms with Gasteiger partial charge in [0.25, 0.3) is 0 Å². The summed E-state index contributed by atoms with van der Waals surface area (Å²) in [5.74, 6) is 0.859. The van der Waals surface area contributed by atoms with Crippen LogP contribution < -0.4 is 9.62 Å². The van der Waals surface area contributed by atoms with Crippen molar-refractivity contribution in [3.63, 3.8) is 0 Å². The second kappa shape index (κ2) is 6.42. The summed E-state index contributed by atoms with van der Waals surface area (Å²) in [4.78, 5) is 13.7. The second-order valence-electron chi connectivity index (χ2n) is 5.80. The SMILES string of the molecule is COCCS(=O)(=O)NC1CC(N(C)c2ncnc3[nH]ccc23)C1. The van der Waals surface area contributed by atoms with Crippen LogP contribution in [0.1, 0.15) is 12.8 Å². The van der Waals surface area contributed by atoms with Crippen molar-refractivity contribution in [2.75, 3.05) is 31.4 Å². The third-order valence-electron chi connectivity index (χ3n) is 4.23. The summed E-state index contributed by atoms with van der Waals surface area (Å²) < 4.78 is 31.2. The molecular weight excluding hydrogens is 318 g/mol. The number of aromatic amines is 1. The van der Waals surface area contributed by atoms with Crippen molar-refractivity contribution in [3.8, 4) is 0 Å². The van der Waals surface area contributed by atoms with Gasteiger partial charge in [-0.05, 0) is 18.9 Å². The van der Waals surface area contributed by atoms with Gasteiger partial charge in [0.05, 0.1) is 17.7 Å². The molecule has 1 fully saturated rings. The molecule has 1 aliphatic carbocycles. The van der Waals surface area contributed by atoms with Crippen molar-refractivity contribution in [3.05, 3.63) is 18.6 Å². The fourth-order valence-corrected chi connectivity index (χ4v) is 4.02. The number of H-pyrrole nitrogens is 1. The van der Waals surface area contributed by atoms with Crippen molar-refractivity contribution in [1.82, 2.24) is 19.7 Å². The minimum Gasteiger partial charge on any atom is -0.384 e. The van der Waals surface area contributed by atoms with Crippen LogP contribution in [0.5, 0.6) is 0 Å². The Labute approximate surface area is 135 Å². The van der Waals surface area contributed by atoms with E-state index in [4.69, 9.17) is 4.74 Å². The summed E-state index contributed by atoms with van der Waals surface area (Å²) in [6.07, 6.45) is 4.90. The Morgan fingerprint density at radius 1 is 1.43 bits per heavy atom. The molecule has 0 spiro atoms. The molecule has 0 aliphatic heterocycles. The minimum atomic E-state index is -3.27. The Kier molecular flexibility index (Phi) is 4.51. The molecular formula is C14H21N5O3S. The highest BCUT2D eigenvalue weighted by atomic mass is 32.2. The molecule has 23 heavy (non-hydrogen) atoms. The monoisotopic (exact) mass is 339 g/mol. The first-order valence-electron chi connectivity index (χ1n) is 7.50. The van der Waals surface area contributed by atoms with E-state index in [-0.39, 0.29) is 24.4 Å². The van der Waals surface area contributed by atoms with E-state index in [2.05, 4.69) is 24.6 Å². The first-order valence-corrected chi connectivity index (χ1v) is 9.15. The molecule has 0 aromatic carbocycles. The van der Waals surface area contributed by atoms with Gasteiger partial charge < -0.3 is 14.6 Å². The largest absolute Gasteiger partial charge is 0.384 e. The van der Waals surface area contributed by atoms with Crippen LogP contribution in [0.15, 0.2) is 18.6 Å². The zero-order valence-electron chi connectivity index (χ0n) is 13.2. The van der Waals surface area contributed by atoms with Crippen molar-refractivity contribution in [2.45, 2.75) is 24.9 Å². The molecule has 9 heteroatoms. The van der Waals surface area contributed by atoms with E-state index in [9.17, 15) is 8.42 Å². The normalized spacial score (nSPS) is 21.3. The van der Waals surface area contributed by atoms with Gasteiger partial charge in [-0.15, -0.1) is 0 Å². The number of methoxy groups -OCH3 is 1. The van der Waals surface area contributed by atoms with E-state index in [1.54, 1.807) is 0 Å². The maximum Gasteiger partial charge on any atom is 0.214 e. The summed E-state index contributed by atoms with van der Waals surface area (Å²) in [6.45, 7) is 0.206. The maximum absolute atomic E-state index is 11.8. The second-order valence-corrected chi connectivity index (χ2v) is 7.67. The smallest absolute Gasteiger partial charge is 0.214 e. The van der Waals surface area contributed by atoms with Gasteiger partial charge in [-0.3, -0.25) is 0 Å². The lowest BCUT2D eigenvalue weighted by Crippen LogP contribution is -2.53. The molecule has 1 saturated carbocycles. The average molecular weight is 339 g/mol. The molecule has 0 unspecified atom stereocenters. The molecule has 2 heterocycles. The first kappa shape index (κ1) is 16.2. The summed E-state index contributed by atoms with van der Waals surface area (Å²) >= 11 is 0.